The Hall–Kier alpha value is -2.47. The third-order valence-electron chi connectivity index (χ3n) is 3.36. The fourth-order valence-electron chi connectivity index (χ4n) is 2.23. The molecule has 0 aliphatic carbocycles. The highest BCUT2D eigenvalue weighted by atomic mass is 79.9. The molecule has 1 heterocycles. The first-order valence-electron chi connectivity index (χ1n) is 7.42. The molecule has 3 rings (SSSR count). The molecule has 0 atom stereocenters. The van der Waals surface area contributed by atoms with Crippen molar-refractivity contribution in [2.75, 3.05) is 10.6 Å². The molecule has 0 amide bonds. The smallest absolute Gasteiger partial charge is 0.229 e. The lowest BCUT2D eigenvalue weighted by atomic mass is 10.2. The molecule has 0 unspecified atom stereocenters. The van der Waals surface area contributed by atoms with Gasteiger partial charge in [-0.1, -0.05) is 18.2 Å². The number of benzene rings is 2. The molecule has 0 bridgehead atoms. The van der Waals surface area contributed by atoms with Crippen LogP contribution < -0.4 is 10.6 Å². The molecule has 0 spiro atoms. The molecule has 4 nitrogen and oxygen atoms in total. The molecule has 122 valence electrons. The van der Waals surface area contributed by atoms with E-state index in [2.05, 4.69) is 36.5 Å². The molecule has 6 heteroatoms. The van der Waals surface area contributed by atoms with Crippen molar-refractivity contribution in [2.24, 2.45) is 0 Å². The lowest BCUT2D eigenvalue weighted by molar-refractivity contribution is 0.631. The molecule has 2 aromatic carbocycles. The summed E-state index contributed by atoms with van der Waals surface area (Å²) in [6, 6.07) is 14.3. The van der Waals surface area contributed by atoms with Gasteiger partial charge < -0.3 is 10.6 Å². The summed E-state index contributed by atoms with van der Waals surface area (Å²) in [6.45, 7) is 3.89. The number of anilines is 4. The van der Waals surface area contributed by atoms with Gasteiger partial charge >= 0.3 is 0 Å². The van der Waals surface area contributed by atoms with Crippen LogP contribution in [0.5, 0.6) is 0 Å². The molecule has 24 heavy (non-hydrogen) atoms. The number of hydrogen-bond acceptors (Lipinski definition) is 4. The Morgan fingerprint density at radius 3 is 2.46 bits per heavy atom. The second-order valence-electron chi connectivity index (χ2n) is 5.43. The van der Waals surface area contributed by atoms with Crippen LogP contribution in [-0.4, -0.2) is 9.97 Å². The van der Waals surface area contributed by atoms with Crippen molar-refractivity contribution in [1.29, 1.82) is 0 Å². The summed E-state index contributed by atoms with van der Waals surface area (Å²) < 4.78 is 14.7. The molecular formula is C18H16BrFN4. The summed E-state index contributed by atoms with van der Waals surface area (Å²) in [5.74, 6) is 0.620. The average Bonchev–Trinajstić information content (AvgIpc) is 2.52. The molecule has 1 aromatic heterocycles. The van der Waals surface area contributed by atoms with Crippen molar-refractivity contribution >= 4 is 39.1 Å². The van der Waals surface area contributed by atoms with E-state index in [-0.39, 0.29) is 5.82 Å². The third-order valence-corrected chi connectivity index (χ3v) is 4.02. The van der Waals surface area contributed by atoms with Crippen LogP contribution in [0, 0.1) is 19.7 Å². The highest BCUT2D eigenvalue weighted by molar-refractivity contribution is 9.10. The predicted octanol–water partition coefficient (Wildman–Crippen LogP) is 5.48. The molecule has 2 N–H and O–H groups in total. The minimum Gasteiger partial charge on any atom is -0.339 e. The normalized spacial score (nSPS) is 10.5. The number of aryl methyl sites for hydroxylation is 2. The molecule has 0 fully saturated rings. The van der Waals surface area contributed by atoms with Crippen molar-refractivity contribution in [1.82, 2.24) is 9.97 Å². The van der Waals surface area contributed by atoms with E-state index in [0.717, 1.165) is 21.4 Å². The predicted molar refractivity (Wildman–Crippen MR) is 98.6 cm³/mol. The van der Waals surface area contributed by atoms with Gasteiger partial charge in [0.25, 0.3) is 0 Å². The topological polar surface area (TPSA) is 49.8 Å². The molecule has 0 radical (unpaired) electrons. The Morgan fingerprint density at radius 1 is 0.917 bits per heavy atom. The third kappa shape index (κ3) is 3.89. The fourth-order valence-corrected chi connectivity index (χ4v) is 2.82. The van der Waals surface area contributed by atoms with Crippen molar-refractivity contribution in [2.45, 2.75) is 13.8 Å². The standard InChI is InChI=1S/C18H16BrFN4/c1-11-7-8-15(13(19)9-11)22-17-10-12(2)21-18(24-17)23-16-6-4-3-5-14(16)20/h3-10H,1-2H3,(H2,21,22,23,24). The quantitative estimate of drug-likeness (QED) is 0.622. The van der Waals surface area contributed by atoms with Crippen LogP contribution in [0.2, 0.25) is 0 Å². The summed E-state index contributed by atoms with van der Waals surface area (Å²) in [7, 11) is 0. The van der Waals surface area contributed by atoms with Crippen LogP contribution in [0.15, 0.2) is 53.0 Å². The summed E-state index contributed by atoms with van der Waals surface area (Å²) in [4.78, 5) is 8.72. The second kappa shape index (κ2) is 6.97. The van der Waals surface area contributed by atoms with Gasteiger partial charge in [0.2, 0.25) is 5.95 Å². The Balaban J connectivity index is 1.87. The molecule has 0 saturated carbocycles. The highest BCUT2D eigenvalue weighted by Gasteiger charge is 2.07. The van der Waals surface area contributed by atoms with Crippen molar-refractivity contribution in [3.05, 3.63) is 70.1 Å². The maximum absolute atomic E-state index is 13.8. The van der Waals surface area contributed by atoms with E-state index in [9.17, 15) is 4.39 Å². The Bertz CT molecular complexity index is 883. The van der Waals surface area contributed by atoms with E-state index in [1.54, 1.807) is 18.2 Å². The summed E-state index contributed by atoms with van der Waals surface area (Å²) in [5, 5.41) is 6.16. The first kappa shape index (κ1) is 16.4. The van der Waals surface area contributed by atoms with Crippen molar-refractivity contribution < 1.29 is 4.39 Å². The van der Waals surface area contributed by atoms with Crippen LogP contribution >= 0.6 is 15.9 Å². The van der Waals surface area contributed by atoms with E-state index < -0.39 is 0 Å². The summed E-state index contributed by atoms with van der Waals surface area (Å²) in [5.41, 5.74) is 3.17. The Labute approximate surface area is 148 Å². The highest BCUT2D eigenvalue weighted by Crippen LogP contribution is 2.27. The molecular weight excluding hydrogens is 371 g/mol. The zero-order valence-electron chi connectivity index (χ0n) is 13.3. The van der Waals surface area contributed by atoms with E-state index >= 15 is 0 Å². The number of nitrogens with one attached hydrogen (secondary N) is 2. The SMILES string of the molecule is Cc1ccc(Nc2cc(C)nc(Nc3ccccc3F)n2)c(Br)c1. The van der Waals surface area contributed by atoms with Crippen LogP contribution in [0.25, 0.3) is 0 Å². The van der Waals surface area contributed by atoms with Crippen molar-refractivity contribution in [3.8, 4) is 0 Å². The van der Waals surface area contributed by atoms with Gasteiger partial charge in [0.05, 0.1) is 11.4 Å². The number of hydrogen-bond donors (Lipinski definition) is 2. The minimum absolute atomic E-state index is 0.338. The molecule has 0 aliphatic heterocycles. The monoisotopic (exact) mass is 386 g/mol. The van der Waals surface area contributed by atoms with Crippen molar-refractivity contribution in [3.63, 3.8) is 0 Å². The van der Waals surface area contributed by atoms with Gasteiger partial charge in [-0.3, -0.25) is 0 Å². The zero-order valence-corrected chi connectivity index (χ0v) is 14.9. The van der Waals surface area contributed by atoms with Crippen LogP contribution in [-0.2, 0) is 0 Å². The van der Waals surface area contributed by atoms with Gasteiger partial charge in [0.15, 0.2) is 0 Å². The van der Waals surface area contributed by atoms with Gasteiger partial charge in [-0.2, -0.15) is 4.98 Å². The number of halogens is 2. The van der Waals surface area contributed by atoms with Crippen LogP contribution in [0.3, 0.4) is 0 Å². The van der Waals surface area contributed by atoms with Gasteiger partial charge in [0.1, 0.15) is 11.6 Å². The average molecular weight is 387 g/mol. The maximum atomic E-state index is 13.8. The van der Waals surface area contributed by atoms with E-state index in [1.807, 2.05) is 38.1 Å². The first-order valence-corrected chi connectivity index (χ1v) is 8.21. The van der Waals surface area contributed by atoms with Gasteiger partial charge in [0, 0.05) is 16.2 Å². The van der Waals surface area contributed by atoms with E-state index in [0.29, 0.717) is 17.5 Å². The van der Waals surface area contributed by atoms with Gasteiger partial charge in [-0.15, -0.1) is 0 Å². The van der Waals surface area contributed by atoms with Crippen LogP contribution in [0.4, 0.5) is 27.5 Å². The minimum atomic E-state index is -0.349. The lowest BCUT2D eigenvalue weighted by Gasteiger charge is -2.12. The molecule has 0 saturated heterocycles. The van der Waals surface area contributed by atoms with E-state index in [4.69, 9.17) is 0 Å². The molecule has 3 aromatic rings. The van der Waals surface area contributed by atoms with Crippen LogP contribution in [0.1, 0.15) is 11.3 Å². The Morgan fingerprint density at radius 2 is 1.71 bits per heavy atom. The van der Waals surface area contributed by atoms with E-state index in [1.165, 1.54) is 6.07 Å². The first-order chi connectivity index (χ1) is 11.5. The zero-order chi connectivity index (χ0) is 17.1. The number of para-hydroxylation sites is 1. The molecule has 0 aliphatic rings. The summed E-state index contributed by atoms with van der Waals surface area (Å²) in [6.07, 6.45) is 0. The number of aromatic nitrogens is 2. The van der Waals surface area contributed by atoms with Gasteiger partial charge in [-0.05, 0) is 59.6 Å². The maximum Gasteiger partial charge on any atom is 0.229 e. The lowest BCUT2D eigenvalue weighted by Crippen LogP contribution is -2.03. The Kier molecular flexibility index (Phi) is 4.76. The van der Waals surface area contributed by atoms with Gasteiger partial charge in [-0.25, -0.2) is 9.37 Å². The summed E-state index contributed by atoms with van der Waals surface area (Å²) >= 11 is 3.53. The fraction of sp³-hybridized carbons (Fsp3) is 0.111. The largest absolute Gasteiger partial charge is 0.339 e. The number of rotatable bonds is 4. The number of nitrogens with zero attached hydrogens (tertiary/aromatic N) is 2. The second-order valence-corrected chi connectivity index (χ2v) is 6.29.